The Balaban J connectivity index is 1.35. The molecular weight excluding hydrogens is 398 g/mol. The van der Waals surface area contributed by atoms with Gasteiger partial charge in [0.2, 0.25) is 17.7 Å². The van der Waals surface area contributed by atoms with E-state index in [-0.39, 0.29) is 23.6 Å². The SMILES string of the molecule is Cc1cccc(NC(=O)C2CCN(C(=O)[C@@H]3Sc4ccccc4NC3=O)CC2)c1C. The maximum absolute atomic E-state index is 13.0. The minimum atomic E-state index is -0.778. The monoisotopic (exact) mass is 423 g/mol. The van der Waals surface area contributed by atoms with Gasteiger partial charge in [0.05, 0.1) is 5.69 Å². The number of thioether (sulfide) groups is 1. The van der Waals surface area contributed by atoms with Crippen LogP contribution in [0.4, 0.5) is 11.4 Å². The highest BCUT2D eigenvalue weighted by atomic mass is 32.2. The van der Waals surface area contributed by atoms with Gasteiger partial charge in [-0.1, -0.05) is 24.3 Å². The Morgan fingerprint density at radius 2 is 1.80 bits per heavy atom. The summed E-state index contributed by atoms with van der Waals surface area (Å²) >= 11 is 1.30. The van der Waals surface area contributed by atoms with Crippen LogP contribution in [0.25, 0.3) is 0 Å². The Kier molecular flexibility index (Phi) is 5.81. The lowest BCUT2D eigenvalue weighted by atomic mass is 9.95. The summed E-state index contributed by atoms with van der Waals surface area (Å²) in [5, 5.41) is 5.08. The van der Waals surface area contributed by atoms with Crippen LogP contribution >= 0.6 is 11.8 Å². The molecule has 1 fully saturated rings. The average Bonchev–Trinajstić information content (AvgIpc) is 2.76. The van der Waals surface area contributed by atoms with Crippen molar-refractivity contribution in [1.29, 1.82) is 0 Å². The van der Waals surface area contributed by atoms with Crippen LogP contribution in [0.15, 0.2) is 47.4 Å². The average molecular weight is 424 g/mol. The number of nitrogens with zero attached hydrogens (tertiary/aromatic N) is 1. The highest BCUT2D eigenvalue weighted by Gasteiger charge is 2.37. The third-order valence-electron chi connectivity index (χ3n) is 5.89. The number of carbonyl (C=O) groups excluding carboxylic acids is 3. The lowest BCUT2D eigenvalue weighted by Gasteiger charge is -2.34. The molecule has 0 unspecified atom stereocenters. The Hall–Kier alpha value is -2.80. The molecule has 2 heterocycles. The first-order valence-electron chi connectivity index (χ1n) is 10.2. The Morgan fingerprint density at radius 1 is 1.07 bits per heavy atom. The van der Waals surface area contributed by atoms with Crippen LogP contribution in [0.1, 0.15) is 24.0 Å². The second-order valence-electron chi connectivity index (χ2n) is 7.82. The summed E-state index contributed by atoms with van der Waals surface area (Å²) in [4.78, 5) is 40.7. The van der Waals surface area contributed by atoms with E-state index in [0.29, 0.717) is 25.9 Å². The number of para-hydroxylation sites is 1. The molecule has 30 heavy (non-hydrogen) atoms. The Bertz CT molecular complexity index is 999. The maximum atomic E-state index is 13.0. The zero-order chi connectivity index (χ0) is 21.3. The van der Waals surface area contributed by atoms with Crippen molar-refractivity contribution in [1.82, 2.24) is 4.90 Å². The van der Waals surface area contributed by atoms with Crippen molar-refractivity contribution in [2.24, 2.45) is 5.92 Å². The molecular formula is C23H25N3O3S. The molecule has 0 radical (unpaired) electrons. The summed E-state index contributed by atoms with van der Waals surface area (Å²) in [6.45, 7) is 4.98. The third-order valence-corrected chi connectivity index (χ3v) is 7.15. The number of aryl methyl sites for hydroxylation is 1. The van der Waals surface area contributed by atoms with Gasteiger partial charge in [-0.2, -0.15) is 0 Å². The quantitative estimate of drug-likeness (QED) is 0.740. The number of nitrogens with one attached hydrogen (secondary N) is 2. The summed E-state index contributed by atoms with van der Waals surface area (Å²) < 4.78 is 0. The van der Waals surface area contributed by atoms with Gasteiger partial charge in [-0.3, -0.25) is 14.4 Å². The number of piperidine rings is 1. The number of anilines is 2. The molecule has 1 atom stereocenters. The Labute approximate surface area is 180 Å². The summed E-state index contributed by atoms with van der Waals surface area (Å²) in [5.74, 6) is -0.601. The van der Waals surface area contributed by atoms with Gasteiger partial charge in [-0.15, -0.1) is 11.8 Å². The molecule has 6 nitrogen and oxygen atoms in total. The van der Waals surface area contributed by atoms with E-state index in [9.17, 15) is 14.4 Å². The van der Waals surface area contributed by atoms with Gasteiger partial charge in [0.15, 0.2) is 5.25 Å². The lowest BCUT2D eigenvalue weighted by Crippen LogP contribution is -2.48. The van der Waals surface area contributed by atoms with Gasteiger partial charge in [0.25, 0.3) is 0 Å². The van der Waals surface area contributed by atoms with Gasteiger partial charge in [0, 0.05) is 29.6 Å². The van der Waals surface area contributed by atoms with Crippen LogP contribution in [-0.2, 0) is 14.4 Å². The molecule has 0 saturated carbocycles. The van der Waals surface area contributed by atoms with Gasteiger partial charge in [-0.25, -0.2) is 0 Å². The molecule has 0 aliphatic carbocycles. The van der Waals surface area contributed by atoms with E-state index in [4.69, 9.17) is 0 Å². The van der Waals surface area contributed by atoms with E-state index in [0.717, 1.165) is 27.4 Å². The molecule has 2 aromatic carbocycles. The summed E-state index contributed by atoms with van der Waals surface area (Å²) in [5.41, 5.74) is 3.79. The molecule has 4 rings (SSSR count). The maximum Gasteiger partial charge on any atom is 0.247 e. The van der Waals surface area contributed by atoms with Gasteiger partial charge >= 0.3 is 0 Å². The van der Waals surface area contributed by atoms with Crippen LogP contribution in [0, 0.1) is 19.8 Å². The van der Waals surface area contributed by atoms with Crippen LogP contribution in [0.2, 0.25) is 0 Å². The molecule has 0 spiro atoms. The van der Waals surface area contributed by atoms with Crippen LogP contribution < -0.4 is 10.6 Å². The van der Waals surface area contributed by atoms with Crippen molar-refractivity contribution in [3.05, 3.63) is 53.6 Å². The fourth-order valence-corrected chi connectivity index (χ4v) is 4.94. The van der Waals surface area contributed by atoms with E-state index in [1.54, 1.807) is 4.90 Å². The lowest BCUT2D eigenvalue weighted by molar-refractivity contribution is -0.136. The number of likely N-dealkylation sites (tertiary alicyclic amines) is 1. The largest absolute Gasteiger partial charge is 0.341 e. The fourth-order valence-electron chi connectivity index (χ4n) is 3.86. The summed E-state index contributed by atoms with van der Waals surface area (Å²) in [6, 6.07) is 13.4. The minimum Gasteiger partial charge on any atom is -0.341 e. The van der Waals surface area contributed by atoms with Crippen molar-refractivity contribution in [2.75, 3.05) is 23.7 Å². The number of hydrogen-bond donors (Lipinski definition) is 2. The van der Waals surface area contributed by atoms with Crippen molar-refractivity contribution >= 4 is 40.9 Å². The second-order valence-corrected chi connectivity index (χ2v) is 8.97. The van der Waals surface area contributed by atoms with E-state index >= 15 is 0 Å². The first-order valence-corrected chi connectivity index (χ1v) is 11.0. The highest BCUT2D eigenvalue weighted by Crippen LogP contribution is 2.36. The van der Waals surface area contributed by atoms with Crippen LogP contribution in [-0.4, -0.2) is 41.0 Å². The second kappa shape index (κ2) is 8.52. The highest BCUT2D eigenvalue weighted by molar-refractivity contribution is 8.01. The molecule has 2 aliphatic rings. The Morgan fingerprint density at radius 3 is 2.57 bits per heavy atom. The number of amides is 3. The molecule has 1 saturated heterocycles. The molecule has 7 heteroatoms. The molecule has 2 aromatic rings. The van der Waals surface area contributed by atoms with E-state index in [1.807, 2.05) is 56.3 Å². The smallest absolute Gasteiger partial charge is 0.247 e. The molecule has 156 valence electrons. The van der Waals surface area contributed by atoms with Crippen LogP contribution in [0.5, 0.6) is 0 Å². The molecule has 0 bridgehead atoms. The van der Waals surface area contributed by atoms with Gasteiger partial charge in [0.1, 0.15) is 0 Å². The number of rotatable bonds is 3. The molecule has 3 amide bonds. The summed E-state index contributed by atoms with van der Waals surface area (Å²) in [6.07, 6.45) is 1.19. The fraction of sp³-hybridized carbons (Fsp3) is 0.348. The number of benzene rings is 2. The van der Waals surface area contributed by atoms with Gasteiger partial charge in [-0.05, 0) is 56.0 Å². The minimum absolute atomic E-state index is 0.00508. The zero-order valence-corrected chi connectivity index (χ0v) is 17.9. The normalized spacial score (nSPS) is 19.1. The predicted molar refractivity (Wildman–Crippen MR) is 119 cm³/mol. The standard InChI is InChI=1S/C23H25N3O3S/c1-14-6-5-8-17(15(14)2)24-21(27)16-10-12-26(13-11-16)23(29)20-22(28)25-18-7-3-4-9-19(18)30-20/h3-9,16,20H,10-13H2,1-2H3,(H,24,27)(H,25,28)/t20-/m1/s1. The van der Waals surface area contributed by atoms with Gasteiger partial charge < -0.3 is 15.5 Å². The predicted octanol–water partition coefficient (Wildman–Crippen LogP) is 3.59. The first kappa shape index (κ1) is 20.5. The number of fused-ring (bicyclic) bond motifs is 1. The molecule has 2 N–H and O–H groups in total. The van der Waals surface area contributed by atoms with Crippen molar-refractivity contribution < 1.29 is 14.4 Å². The van der Waals surface area contributed by atoms with Crippen molar-refractivity contribution in [3.63, 3.8) is 0 Å². The van der Waals surface area contributed by atoms with E-state index < -0.39 is 5.25 Å². The zero-order valence-electron chi connectivity index (χ0n) is 17.1. The number of carbonyl (C=O) groups is 3. The molecule has 0 aromatic heterocycles. The van der Waals surface area contributed by atoms with E-state index in [2.05, 4.69) is 10.6 Å². The first-order chi connectivity index (χ1) is 14.4. The summed E-state index contributed by atoms with van der Waals surface area (Å²) in [7, 11) is 0. The van der Waals surface area contributed by atoms with Crippen LogP contribution in [0.3, 0.4) is 0 Å². The number of hydrogen-bond acceptors (Lipinski definition) is 4. The molecule has 2 aliphatic heterocycles. The van der Waals surface area contributed by atoms with Crippen molar-refractivity contribution in [3.8, 4) is 0 Å². The topological polar surface area (TPSA) is 78.5 Å². The van der Waals surface area contributed by atoms with E-state index in [1.165, 1.54) is 11.8 Å². The third kappa shape index (κ3) is 4.07. The van der Waals surface area contributed by atoms with Crippen molar-refractivity contribution in [2.45, 2.75) is 36.8 Å².